The fourth-order valence-electron chi connectivity index (χ4n) is 1.70. The van der Waals surface area contributed by atoms with E-state index in [1.165, 1.54) is 0 Å². The quantitative estimate of drug-likeness (QED) is 0.635. The van der Waals surface area contributed by atoms with Crippen LogP contribution in [0.5, 0.6) is 0 Å². The van der Waals surface area contributed by atoms with E-state index in [1.54, 1.807) is 0 Å². The van der Waals surface area contributed by atoms with E-state index in [4.69, 9.17) is 9.47 Å². The normalized spacial score (nSPS) is 31.5. The number of hydrogen-bond acceptors (Lipinski definition) is 2. The van der Waals surface area contributed by atoms with Gasteiger partial charge in [0.25, 0.3) is 0 Å². The van der Waals surface area contributed by atoms with Crippen LogP contribution in [0.25, 0.3) is 0 Å². The third kappa shape index (κ3) is 2.20. The van der Waals surface area contributed by atoms with Crippen LogP contribution in [0.4, 0.5) is 0 Å². The zero-order valence-electron chi connectivity index (χ0n) is 8.54. The first-order valence-electron chi connectivity index (χ1n) is 4.86. The lowest BCUT2D eigenvalue weighted by Gasteiger charge is -2.36. The molecule has 0 aromatic heterocycles. The Morgan fingerprint density at radius 1 is 0.833 bits per heavy atom. The second-order valence-corrected chi connectivity index (χ2v) is 4.16. The highest BCUT2D eigenvalue weighted by Crippen LogP contribution is 2.23. The summed E-state index contributed by atoms with van der Waals surface area (Å²) in [4.78, 5) is 0. The molecule has 1 heterocycles. The largest absolute Gasteiger partial charge is 0.373 e. The fraction of sp³-hybridized carbons (Fsp3) is 1.00. The maximum absolute atomic E-state index is 5.69. The van der Waals surface area contributed by atoms with E-state index in [1.807, 2.05) is 0 Å². The lowest BCUT2D eigenvalue weighted by molar-refractivity contribution is -0.169. The van der Waals surface area contributed by atoms with Crippen molar-refractivity contribution in [1.29, 1.82) is 0 Å². The molecule has 0 aliphatic carbocycles. The molecule has 0 aromatic carbocycles. The highest BCUT2D eigenvalue weighted by Gasteiger charge is 2.31. The Balaban J connectivity index is 2.54. The molecule has 0 bridgehead atoms. The third-order valence-electron chi connectivity index (χ3n) is 2.34. The van der Waals surface area contributed by atoms with Crippen molar-refractivity contribution in [2.75, 3.05) is 13.2 Å². The minimum atomic E-state index is 0.291. The Morgan fingerprint density at radius 3 is 1.42 bits per heavy atom. The van der Waals surface area contributed by atoms with Crippen molar-refractivity contribution in [3.05, 3.63) is 0 Å². The molecular weight excluding hydrogens is 152 g/mol. The first-order chi connectivity index (χ1) is 5.63. The summed E-state index contributed by atoms with van der Waals surface area (Å²) in [7, 11) is 0. The summed E-state index contributed by atoms with van der Waals surface area (Å²) in [6.45, 7) is 10.3. The molecular formula is C10H20O2. The van der Waals surface area contributed by atoms with Gasteiger partial charge in [0.1, 0.15) is 0 Å². The minimum absolute atomic E-state index is 0.291. The summed E-state index contributed by atoms with van der Waals surface area (Å²) in [5, 5.41) is 0. The van der Waals surface area contributed by atoms with Crippen LogP contribution in [-0.4, -0.2) is 25.4 Å². The molecule has 12 heavy (non-hydrogen) atoms. The van der Waals surface area contributed by atoms with Crippen LogP contribution in [0.2, 0.25) is 0 Å². The molecule has 0 saturated carbocycles. The van der Waals surface area contributed by atoms with Gasteiger partial charge < -0.3 is 9.47 Å². The Labute approximate surface area is 75.2 Å². The lowest BCUT2D eigenvalue weighted by Crippen LogP contribution is -2.44. The monoisotopic (exact) mass is 172 g/mol. The van der Waals surface area contributed by atoms with E-state index in [2.05, 4.69) is 27.7 Å². The number of ether oxygens (including phenoxy) is 2. The molecule has 1 fully saturated rings. The van der Waals surface area contributed by atoms with Crippen LogP contribution in [0.3, 0.4) is 0 Å². The Hall–Kier alpha value is -0.0800. The standard InChI is InChI=1S/C10H20O2/c1-7(2)9-10(8(3)4)12-6-5-11-9/h7-10H,5-6H2,1-4H3/t9-,10-/m1/s1. The van der Waals surface area contributed by atoms with Gasteiger partial charge in [-0.2, -0.15) is 0 Å². The molecule has 0 unspecified atom stereocenters. The van der Waals surface area contributed by atoms with Crippen molar-refractivity contribution in [2.24, 2.45) is 11.8 Å². The van der Waals surface area contributed by atoms with Crippen molar-refractivity contribution in [1.82, 2.24) is 0 Å². The molecule has 0 radical (unpaired) electrons. The van der Waals surface area contributed by atoms with Gasteiger partial charge in [0.05, 0.1) is 25.4 Å². The second kappa shape index (κ2) is 4.24. The topological polar surface area (TPSA) is 18.5 Å². The van der Waals surface area contributed by atoms with Gasteiger partial charge in [-0.15, -0.1) is 0 Å². The van der Waals surface area contributed by atoms with Gasteiger partial charge in [0.15, 0.2) is 0 Å². The molecule has 1 aliphatic heterocycles. The molecule has 2 heteroatoms. The van der Waals surface area contributed by atoms with E-state index < -0.39 is 0 Å². The molecule has 0 N–H and O–H groups in total. The van der Waals surface area contributed by atoms with Gasteiger partial charge in [0.2, 0.25) is 0 Å². The Kier molecular flexibility index (Phi) is 3.53. The van der Waals surface area contributed by atoms with Crippen LogP contribution in [0.1, 0.15) is 27.7 Å². The summed E-state index contributed by atoms with van der Waals surface area (Å²) >= 11 is 0. The van der Waals surface area contributed by atoms with E-state index in [0.29, 0.717) is 24.0 Å². The van der Waals surface area contributed by atoms with Gasteiger partial charge in [0, 0.05) is 0 Å². The number of hydrogen-bond donors (Lipinski definition) is 0. The van der Waals surface area contributed by atoms with E-state index in [-0.39, 0.29) is 0 Å². The lowest BCUT2D eigenvalue weighted by atomic mass is 9.93. The van der Waals surface area contributed by atoms with Gasteiger partial charge >= 0.3 is 0 Å². The first kappa shape index (κ1) is 10.0. The molecule has 2 nitrogen and oxygen atoms in total. The van der Waals surface area contributed by atoms with Crippen LogP contribution < -0.4 is 0 Å². The van der Waals surface area contributed by atoms with Crippen molar-refractivity contribution in [2.45, 2.75) is 39.9 Å². The van der Waals surface area contributed by atoms with Gasteiger partial charge in [-0.05, 0) is 11.8 Å². The molecule has 0 spiro atoms. The molecule has 1 rings (SSSR count). The predicted octanol–water partition coefficient (Wildman–Crippen LogP) is 2.08. The third-order valence-corrected chi connectivity index (χ3v) is 2.34. The number of rotatable bonds is 2. The summed E-state index contributed by atoms with van der Waals surface area (Å²) in [6.07, 6.45) is 0.581. The molecule has 1 aliphatic rings. The van der Waals surface area contributed by atoms with Gasteiger partial charge in [-0.1, -0.05) is 27.7 Å². The van der Waals surface area contributed by atoms with Gasteiger partial charge in [-0.3, -0.25) is 0 Å². The average molecular weight is 172 g/mol. The first-order valence-corrected chi connectivity index (χ1v) is 4.86. The molecule has 1 saturated heterocycles. The van der Waals surface area contributed by atoms with Crippen LogP contribution >= 0.6 is 0 Å². The molecule has 2 atom stereocenters. The smallest absolute Gasteiger partial charge is 0.0863 e. The maximum atomic E-state index is 5.69. The van der Waals surface area contributed by atoms with Crippen molar-refractivity contribution >= 4 is 0 Å². The van der Waals surface area contributed by atoms with E-state index >= 15 is 0 Å². The highest BCUT2D eigenvalue weighted by atomic mass is 16.6. The van der Waals surface area contributed by atoms with Crippen molar-refractivity contribution < 1.29 is 9.47 Å². The summed E-state index contributed by atoms with van der Waals surface area (Å²) in [5.74, 6) is 1.11. The molecule has 72 valence electrons. The molecule has 0 amide bonds. The predicted molar refractivity (Wildman–Crippen MR) is 49.2 cm³/mol. The van der Waals surface area contributed by atoms with Gasteiger partial charge in [-0.25, -0.2) is 0 Å². The summed E-state index contributed by atoms with van der Waals surface area (Å²) < 4.78 is 11.4. The summed E-state index contributed by atoms with van der Waals surface area (Å²) in [5.41, 5.74) is 0. The maximum Gasteiger partial charge on any atom is 0.0863 e. The minimum Gasteiger partial charge on any atom is -0.373 e. The highest BCUT2D eigenvalue weighted by molar-refractivity contribution is 4.79. The SMILES string of the molecule is CC(C)[C@H]1OCCO[C@@H]1C(C)C. The zero-order chi connectivity index (χ0) is 9.14. The van der Waals surface area contributed by atoms with Crippen molar-refractivity contribution in [3.63, 3.8) is 0 Å². The van der Waals surface area contributed by atoms with Crippen LogP contribution in [0, 0.1) is 11.8 Å². The summed E-state index contributed by atoms with van der Waals surface area (Å²) in [6, 6.07) is 0. The fourth-order valence-corrected chi connectivity index (χ4v) is 1.70. The van der Waals surface area contributed by atoms with Crippen LogP contribution in [-0.2, 0) is 9.47 Å². The Morgan fingerprint density at radius 2 is 1.17 bits per heavy atom. The van der Waals surface area contributed by atoms with E-state index in [9.17, 15) is 0 Å². The Bertz CT molecular complexity index is 116. The van der Waals surface area contributed by atoms with Crippen molar-refractivity contribution in [3.8, 4) is 0 Å². The van der Waals surface area contributed by atoms with E-state index in [0.717, 1.165) is 13.2 Å². The average Bonchev–Trinajstić information content (AvgIpc) is 2.04. The molecule has 0 aromatic rings. The second-order valence-electron chi connectivity index (χ2n) is 4.16. The zero-order valence-corrected chi connectivity index (χ0v) is 8.54. The van der Waals surface area contributed by atoms with Crippen LogP contribution in [0.15, 0.2) is 0 Å².